The molecule has 0 spiro atoms. The molecule has 0 aliphatic rings. The molecule has 0 aliphatic carbocycles. The number of carbonyl (C=O) groups excluding carboxylic acids is 1. The van der Waals surface area contributed by atoms with Crippen molar-refractivity contribution in [3.63, 3.8) is 0 Å². The summed E-state index contributed by atoms with van der Waals surface area (Å²) >= 11 is 1.47. The summed E-state index contributed by atoms with van der Waals surface area (Å²) in [5.74, 6) is 0.847. The predicted molar refractivity (Wildman–Crippen MR) is 63.7 cm³/mol. The number of methoxy groups -OCH3 is 2. The van der Waals surface area contributed by atoms with Crippen LogP contribution in [0.3, 0.4) is 0 Å². The van der Waals surface area contributed by atoms with Gasteiger partial charge in [0.25, 0.3) is 0 Å². The standard InChI is InChI=1S/C11H15NO3S/c1-14-9-5-3-4-6-10(9)16-7-8(12)11(13)15-2/h3-6,8H,7,12H2,1-2H3. The average Bonchev–Trinajstić information content (AvgIpc) is 2.35. The number of hydrogen-bond donors (Lipinski definition) is 1. The van der Waals surface area contributed by atoms with E-state index < -0.39 is 12.0 Å². The normalized spacial score (nSPS) is 11.9. The Morgan fingerprint density at radius 2 is 2.12 bits per heavy atom. The molecule has 88 valence electrons. The molecule has 0 saturated carbocycles. The maximum atomic E-state index is 11.1. The molecular weight excluding hydrogens is 226 g/mol. The predicted octanol–water partition coefficient (Wildman–Crippen LogP) is 1.29. The second-order valence-electron chi connectivity index (χ2n) is 3.09. The summed E-state index contributed by atoms with van der Waals surface area (Å²) in [6, 6.07) is 6.98. The molecule has 0 heterocycles. The summed E-state index contributed by atoms with van der Waals surface area (Å²) in [7, 11) is 2.94. The zero-order valence-electron chi connectivity index (χ0n) is 9.30. The van der Waals surface area contributed by atoms with Gasteiger partial charge in [0.1, 0.15) is 11.8 Å². The van der Waals surface area contributed by atoms with Gasteiger partial charge in [0.15, 0.2) is 0 Å². The lowest BCUT2D eigenvalue weighted by atomic mass is 10.3. The molecule has 0 aliphatic heterocycles. The zero-order chi connectivity index (χ0) is 12.0. The van der Waals surface area contributed by atoms with Gasteiger partial charge in [0.2, 0.25) is 0 Å². The molecule has 2 N–H and O–H groups in total. The van der Waals surface area contributed by atoms with Gasteiger partial charge in [-0.25, -0.2) is 0 Å². The first kappa shape index (κ1) is 12.9. The summed E-state index contributed by atoms with van der Waals surface area (Å²) in [6.07, 6.45) is 0. The Hall–Kier alpha value is -1.20. The minimum atomic E-state index is -0.611. The first-order valence-electron chi connectivity index (χ1n) is 4.78. The highest BCUT2D eigenvalue weighted by molar-refractivity contribution is 7.99. The Labute approximate surface area is 99.1 Å². The van der Waals surface area contributed by atoms with Crippen LogP contribution in [0.5, 0.6) is 5.75 Å². The second-order valence-corrected chi connectivity index (χ2v) is 4.15. The number of para-hydroxylation sites is 1. The number of ether oxygens (including phenoxy) is 2. The van der Waals surface area contributed by atoms with E-state index in [0.717, 1.165) is 10.6 Å². The average molecular weight is 241 g/mol. The molecule has 0 bridgehead atoms. The fraction of sp³-hybridized carbons (Fsp3) is 0.364. The molecule has 1 aromatic rings. The number of esters is 1. The van der Waals surface area contributed by atoms with Gasteiger partial charge >= 0.3 is 5.97 Å². The molecule has 16 heavy (non-hydrogen) atoms. The summed E-state index contributed by atoms with van der Waals surface area (Å²) in [6.45, 7) is 0. The number of rotatable bonds is 5. The smallest absolute Gasteiger partial charge is 0.323 e. The fourth-order valence-electron chi connectivity index (χ4n) is 1.14. The summed E-state index contributed by atoms with van der Waals surface area (Å²) < 4.78 is 9.74. The Morgan fingerprint density at radius 1 is 1.44 bits per heavy atom. The van der Waals surface area contributed by atoms with Crippen molar-refractivity contribution in [3.8, 4) is 5.75 Å². The van der Waals surface area contributed by atoms with Crippen LogP contribution in [-0.2, 0) is 9.53 Å². The topological polar surface area (TPSA) is 61.5 Å². The molecule has 0 fully saturated rings. The summed E-state index contributed by atoms with van der Waals surface area (Å²) in [4.78, 5) is 12.1. The number of hydrogen-bond acceptors (Lipinski definition) is 5. The van der Waals surface area contributed by atoms with Crippen LogP contribution in [0.15, 0.2) is 29.2 Å². The van der Waals surface area contributed by atoms with Crippen LogP contribution < -0.4 is 10.5 Å². The van der Waals surface area contributed by atoms with Crippen molar-refractivity contribution in [2.24, 2.45) is 5.73 Å². The third-order valence-corrected chi connectivity index (χ3v) is 3.17. The fourth-order valence-corrected chi connectivity index (χ4v) is 2.10. The van der Waals surface area contributed by atoms with Crippen molar-refractivity contribution in [2.45, 2.75) is 10.9 Å². The van der Waals surface area contributed by atoms with Crippen molar-refractivity contribution >= 4 is 17.7 Å². The largest absolute Gasteiger partial charge is 0.496 e. The van der Waals surface area contributed by atoms with E-state index in [0.29, 0.717) is 5.75 Å². The molecule has 0 aromatic heterocycles. The Balaban J connectivity index is 2.57. The van der Waals surface area contributed by atoms with Gasteiger partial charge in [-0.15, -0.1) is 11.8 Å². The van der Waals surface area contributed by atoms with Gasteiger partial charge in [0.05, 0.1) is 14.2 Å². The molecular formula is C11H15NO3S. The number of thioether (sulfide) groups is 1. The Kier molecular flexibility index (Phi) is 5.14. The lowest BCUT2D eigenvalue weighted by Crippen LogP contribution is -2.33. The summed E-state index contributed by atoms with van der Waals surface area (Å²) in [5.41, 5.74) is 5.63. The van der Waals surface area contributed by atoms with Gasteiger partial charge < -0.3 is 15.2 Å². The van der Waals surface area contributed by atoms with Crippen molar-refractivity contribution in [1.29, 1.82) is 0 Å². The van der Waals surface area contributed by atoms with E-state index in [-0.39, 0.29) is 0 Å². The van der Waals surface area contributed by atoms with Gasteiger partial charge in [-0.05, 0) is 12.1 Å². The van der Waals surface area contributed by atoms with E-state index in [1.165, 1.54) is 18.9 Å². The number of nitrogens with two attached hydrogens (primary N) is 1. The zero-order valence-corrected chi connectivity index (χ0v) is 10.1. The molecule has 0 radical (unpaired) electrons. The lowest BCUT2D eigenvalue weighted by Gasteiger charge is -2.10. The van der Waals surface area contributed by atoms with Crippen LogP contribution in [0.2, 0.25) is 0 Å². The van der Waals surface area contributed by atoms with Crippen molar-refractivity contribution in [2.75, 3.05) is 20.0 Å². The third-order valence-electron chi connectivity index (χ3n) is 1.99. The van der Waals surface area contributed by atoms with E-state index in [2.05, 4.69) is 4.74 Å². The molecule has 1 rings (SSSR count). The minimum absolute atomic E-state index is 0.401. The molecule has 5 heteroatoms. The molecule has 1 unspecified atom stereocenters. The Morgan fingerprint density at radius 3 is 2.75 bits per heavy atom. The van der Waals surface area contributed by atoms with E-state index >= 15 is 0 Å². The minimum Gasteiger partial charge on any atom is -0.496 e. The lowest BCUT2D eigenvalue weighted by molar-refractivity contribution is -0.141. The Bertz CT molecular complexity index is 357. The van der Waals surface area contributed by atoms with Gasteiger partial charge in [-0.2, -0.15) is 0 Å². The highest BCUT2D eigenvalue weighted by Gasteiger charge is 2.14. The number of benzene rings is 1. The third kappa shape index (κ3) is 3.43. The quantitative estimate of drug-likeness (QED) is 0.621. The molecule has 0 saturated heterocycles. The second kappa shape index (κ2) is 6.40. The van der Waals surface area contributed by atoms with Crippen LogP contribution in [0.4, 0.5) is 0 Å². The monoisotopic (exact) mass is 241 g/mol. The van der Waals surface area contributed by atoms with E-state index in [4.69, 9.17) is 10.5 Å². The highest BCUT2D eigenvalue weighted by Crippen LogP contribution is 2.28. The van der Waals surface area contributed by atoms with Gasteiger partial charge in [-0.3, -0.25) is 4.79 Å². The molecule has 1 atom stereocenters. The first-order valence-corrected chi connectivity index (χ1v) is 5.76. The molecule has 4 nitrogen and oxygen atoms in total. The first-order chi connectivity index (χ1) is 7.69. The molecule has 1 aromatic carbocycles. The number of carbonyl (C=O) groups is 1. The van der Waals surface area contributed by atoms with E-state index in [9.17, 15) is 4.79 Å². The molecule has 0 amide bonds. The van der Waals surface area contributed by atoms with E-state index in [1.54, 1.807) is 7.11 Å². The van der Waals surface area contributed by atoms with Crippen LogP contribution in [-0.4, -0.2) is 32.0 Å². The van der Waals surface area contributed by atoms with Crippen LogP contribution in [0.1, 0.15) is 0 Å². The highest BCUT2D eigenvalue weighted by atomic mass is 32.2. The maximum absolute atomic E-state index is 11.1. The van der Waals surface area contributed by atoms with Crippen molar-refractivity contribution < 1.29 is 14.3 Å². The van der Waals surface area contributed by atoms with Gasteiger partial charge in [-0.1, -0.05) is 12.1 Å². The van der Waals surface area contributed by atoms with Crippen molar-refractivity contribution in [1.82, 2.24) is 0 Å². The van der Waals surface area contributed by atoms with Crippen LogP contribution in [0.25, 0.3) is 0 Å². The van der Waals surface area contributed by atoms with Crippen molar-refractivity contribution in [3.05, 3.63) is 24.3 Å². The van der Waals surface area contributed by atoms with E-state index in [1.807, 2.05) is 24.3 Å². The van der Waals surface area contributed by atoms with Crippen LogP contribution in [0, 0.1) is 0 Å². The maximum Gasteiger partial charge on any atom is 0.323 e. The van der Waals surface area contributed by atoms with Gasteiger partial charge in [0, 0.05) is 10.6 Å². The van der Waals surface area contributed by atoms with Crippen LogP contribution >= 0.6 is 11.8 Å². The summed E-state index contributed by atoms with van der Waals surface area (Å²) in [5, 5.41) is 0. The SMILES string of the molecule is COC(=O)C(N)CSc1ccccc1OC.